The summed E-state index contributed by atoms with van der Waals surface area (Å²) in [6.45, 7) is 1.81. The Morgan fingerprint density at radius 3 is 1.67 bits per heavy atom. The van der Waals surface area contributed by atoms with Crippen LogP contribution in [0.4, 0.5) is 0 Å². The third-order valence-electron chi connectivity index (χ3n) is 2.74. The van der Waals surface area contributed by atoms with Crippen LogP contribution in [0.3, 0.4) is 0 Å². The van der Waals surface area contributed by atoms with Gasteiger partial charge in [-0.1, -0.05) is 17.7 Å². The van der Waals surface area contributed by atoms with Crippen molar-refractivity contribution in [3.05, 3.63) is 59.7 Å². The van der Waals surface area contributed by atoms with Crippen LogP contribution in [0.25, 0.3) is 0 Å². The first-order valence-corrected chi connectivity index (χ1v) is 9.76. The van der Waals surface area contributed by atoms with E-state index in [1.54, 1.807) is 12.1 Å². The summed E-state index contributed by atoms with van der Waals surface area (Å²) < 4.78 is 56.9. The molecule has 0 saturated heterocycles. The van der Waals surface area contributed by atoms with Gasteiger partial charge < -0.3 is 8.37 Å². The number of hydrogen-bond acceptors (Lipinski definition) is 7. The first kappa shape index (κ1) is 17.8. The van der Waals surface area contributed by atoms with Crippen molar-refractivity contribution in [2.24, 2.45) is 0 Å². The molecule has 0 unspecified atom stereocenters. The van der Waals surface area contributed by atoms with E-state index in [0.29, 0.717) is 5.56 Å². The fraction of sp³-hybridized carbons (Fsp3) is 0.133. The van der Waals surface area contributed by atoms with Crippen LogP contribution in [0.5, 0.6) is 11.5 Å². The predicted octanol–water partition coefficient (Wildman–Crippen LogP) is 1.94. The Bertz CT molecular complexity index is 956. The van der Waals surface area contributed by atoms with Crippen LogP contribution in [0.1, 0.15) is 11.1 Å². The summed E-state index contributed by atoms with van der Waals surface area (Å²) in [5, 5.41) is 7.33. The molecule has 0 aliphatic carbocycles. The summed E-state index contributed by atoms with van der Waals surface area (Å²) in [4.78, 5) is 0. The Labute approximate surface area is 140 Å². The van der Waals surface area contributed by atoms with E-state index in [4.69, 9.17) is 13.6 Å². The average Bonchev–Trinajstić information content (AvgIpc) is 2.48. The second-order valence-electron chi connectivity index (χ2n) is 4.85. The molecule has 0 spiro atoms. The fourth-order valence-electron chi connectivity index (χ4n) is 1.70. The number of nitriles is 1. The molecule has 2 aromatic carbocycles. The lowest BCUT2D eigenvalue weighted by Gasteiger charge is -2.09. The zero-order valence-corrected chi connectivity index (χ0v) is 14.2. The molecule has 0 fully saturated rings. The van der Waals surface area contributed by atoms with E-state index in [0.717, 1.165) is 5.56 Å². The molecule has 0 aliphatic heterocycles. The first-order chi connectivity index (χ1) is 11.2. The number of hydrogen-bond donors (Lipinski definition) is 0. The number of nitrogens with zero attached hydrogens (tertiary/aromatic N) is 1. The summed E-state index contributed by atoms with van der Waals surface area (Å²) in [5.41, 5.74) is 1.21. The summed E-state index contributed by atoms with van der Waals surface area (Å²) >= 11 is 0. The van der Waals surface area contributed by atoms with Gasteiger partial charge in [0, 0.05) is 0 Å². The smallest absolute Gasteiger partial charge is 0.327 e. The standard InChI is InChI=1S/C15H13NO6S2/c1-12-2-6-14(7-3-12)21-23(17,18)11-24(19,20)22-15-8-4-13(10-16)5-9-15/h2-9H,11H2,1H3. The highest BCUT2D eigenvalue weighted by molar-refractivity contribution is 8.04. The maximum Gasteiger partial charge on any atom is 0.327 e. The van der Waals surface area contributed by atoms with E-state index in [1.807, 2.05) is 13.0 Å². The minimum absolute atomic E-state index is 0.00849. The zero-order valence-electron chi connectivity index (χ0n) is 12.5. The van der Waals surface area contributed by atoms with E-state index in [9.17, 15) is 16.8 Å². The van der Waals surface area contributed by atoms with E-state index < -0.39 is 25.3 Å². The monoisotopic (exact) mass is 367 g/mol. The Morgan fingerprint density at radius 1 is 0.833 bits per heavy atom. The summed E-state index contributed by atoms with van der Waals surface area (Å²) in [7, 11) is -8.84. The number of rotatable bonds is 6. The Morgan fingerprint density at radius 2 is 1.25 bits per heavy atom. The van der Waals surface area contributed by atoms with Gasteiger partial charge in [0.2, 0.25) is 5.08 Å². The molecule has 24 heavy (non-hydrogen) atoms. The molecule has 9 heteroatoms. The van der Waals surface area contributed by atoms with Gasteiger partial charge in [-0.05, 0) is 43.3 Å². The molecule has 126 valence electrons. The molecule has 2 rings (SSSR count). The molecule has 0 amide bonds. The lowest BCUT2D eigenvalue weighted by molar-refractivity contribution is 0.475. The molecule has 0 heterocycles. The molecule has 2 aromatic rings. The predicted molar refractivity (Wildman–Crippen MR) is 86.3 cm³/mol. The largest absolute Gasteiger partial charge is 0.382 e. The summed E-state index contributed by atoms with van der Waals surface area (Å²) in [5.74, 6) is -0.0892. The van der Waals surface area contributed by atoms with Gasteiger partial charge >= 0.3 is 20.2 Å². The van der Waals surface area contributed by atoms with Gasteiger partial charge in [0.05, 0.1) is 11.6 Å². The Kier molecular flexibility index (Phi) is 5.11. The van der Waals surface area contributed by atoms with Crippen LogP contribution < -0.4 is 8.37 Å². The van der Waals surface area contributed by atoms with E-state index in [2.05, 4.69) is 0 Å². The molecule has 0 bridgehead atoms. The molecule has 0 radical (unpaired) electrons. The molecule has 7 nitrogen and oxygen atoms in total. The van der Waals surface area contributed by atoms with Gasteiger partial charge in [-0.3, -0.25) is 0 Å². The fourth-order valence-corrected chi connectivity index (χ4v) is 4.30. The molecular formula is C15H13NO6S2. The van der Waals surface area contributed by atoms with Crippen molar-refractivity contribution in [1.82, 2.24) is 0 Å². The van der Waals surface area contributed by atoms with Crippen molar-refractivity contribution in [2.45, 2.75) is 6.92 Å². The highest BCUT2D eigenvalue weighted by atomic mass is 32.3. The average molecular weight is 367 g/mol. The van der Waals surface area contributed by atoms with Crippen molar-refractivity contribution < 1.29 is 25.2 Å². The molecular weight excluding hydrogens is 354 g/mol. The SMILES string of the molecule is Cc1ccc(OS(=O)(=O)CS(=O)(=O)Oc2ccc(C#N)cc2)cc1. The van der Waals surface area contributed by atoms with Gasteiger partial charge in [-0.15, -0.1) is 0 Å². The van der Waals surface area contributed by atoms with Gasteiger partial charge in [-0.2, -0.15) is 22.1 Å². The van der Waals surface area contributed by atoms with Crippen molar-refractivity contribution in [3.8, 4) is 17.6 Å². The summed E-state index contributed by atoms with van der Waals surface area (Å²) in [6, 6.07) is 13.2. The van der Waals surface area contributed by atoms with Crippen LogP contribution in [0, 0.1) is 18.3 Å². The quantitative estimate of drug-likeness (QED) is 0.717. The van der Waals surface area contributed by atoms with Crippen molar-refractivity contribution in [1.29, 1.82) is 5.26 Å². The van der Waals surface area contributed by atoms with Crippen LogP contribution in [0.2, 0.25) is 0 Å². The Hall–Kier alpha value is -2.57. The third-order valence-corrected chi connectivity index (χ3v) is 5.94. The minimum atomic E-state index is -4.44. The van der Waals surface area contributed by atoms with Gasteiger partial charge in [0.15, 0.2) is 0 Å². The maximum absolute atomic E-state index is 11.9. The first-order valence-electron chi connectivity index (χ1n) is 6.60. The highest BCUT2D eigenvalue weighted by Gasteiger charge is 2.26. The second-order valence-corrected chi connectivity index (χ2v) is 8.36. The zero-order chi connectivity index (χ0) is 17.8. The van der Waals surface area contributed by atoms with E-state index >= 15 is 0 Å². The molecule has 0 aliphatic rings. The third kappa shape index (κ3) is 5.26. The molecule has 0 N–H and O–H groups in total. The number of benzene rings is 2. The van der Waals surface area contributed by atoms with E-state index in [1.165, 1.54) is 36.4 Å². The Balaban J connectivity index is 2.09. The van der Waals surface area contributed by atoms with Crippen molar-refractivity contribution in [3.63, 3.8) is 0 Å². The normalized spacial score (nSPS) is 11.5. The van der Waals surface area contributed by atoms with Gasteiger partial charge in [0.25, 0.3) is 0 Å². The molecule has 0 saturated carbocycles. The highest BCUT2D eigenvalue weighted by Crippen LogP contribution is 2.18. The topological polar surface area (TPSA) is 111 Å². The second kappa shape index (κ2) is 6.90. The molecule has 0 aromatic heterocycles. The van der Waals surface area contributed by atoms with Crippen LogP contribution in [-0.4, -0.2) is 21.9 Å². The minimum Gasteiger partial charge on any atom is -0.382 e. The summed E-state index contributed by atoms with van der Waals surface area (Å²) in [6.07, 6.45) is 0. The van der Waals surface area contributed by atoms with Crippen molar-refractivity contribution >= 4 is 20.2 Å². The van der Waals surface area contributed by atoms with E-state index in [-0.39, 0.29) is 11.5 Å². The van der Waals surface area contributed by atoms with Crippen LogP contribution in [0.15, 0.2) is 48.5 Å². The number of aryl methyl sites for hydroxylation is 1. The van der Waals surface area contributed by atoms with Gasteiger partial charge in [0.1, 0.15) is 11.5 Å². The van der Waals surface area contributed by atoms with Crippen LogP contribution >= 0.6 is 0 Å². The van der Waals surface area contributed by atoms with Crippen molar-refractivity contribution in [2.75, 3.05) is 5.08 Å². The van der Waals surface area contributed by atoms with Gasteiger partial charge in [-0.25, -0.2) is 0 Å². The lowest BCUT2D eigenvalue weighted by atomic mass is 10.2. The molecule has 0 atom stereocenters. The lowest BCUT2D eigenvalue weighted by Crippen LogP contribution is -2.24. The maximum atomic E-state index is 11.9. The van der Waals surface area contributed by atoms with Crippen LogP contribution in [-0.2, 0) is 20.2 Å².